The fourth-order valence-electron chi connectivity index (χ4n) is 1.02. The zero-order valence-corrected chi connectivity index (χ0v) is 12.2. The molecule has 0 bridgehead atoms. The van der Waals surface area contributed by atoms with Crippen LogP contribution < -0.4 is 51.4 Å². The molecule has 0 radical (unpaired) electrons. The van der Waals surface area contributed by atoms with Crippen molar-refractivity contribution in [3.8, 4) is 0 Å². The Bertz CT molecular complexity index is 125. The van der Waals surface area contributed by atoms with Gasteiger partial charge in [0.1, 0.15) is 0 Å². The van der Waals surface area contributed by atoms with Gasteiger partial charge in [-0.05, 0) is 12.8 Å². The maximum Gasteiger partial charge on any atom is 1.00 e. The van der Waals surface area contributed by atoms with Crippen molar-refractivity contribution in [1.82, 2.24) is 0 Å². The molecule has 0 aliphatic rings. The molecule has 0 spiro atoms. The van der Waals surface area contributed by atoms with Gasteiger partial charge in [-0.25, -0.2) is 0 Å². The molecule has 13 heavy (non-hydrogen) atoms. The second-order valence-corrected chi connectivity index (χ2v) is 3.83. The minimum absolute atomic E-state index is 0. The monoisotopic (exact) mass is 234 g/mol. The van der Waals surface area contributed by atoms with E-state index in [-0.39, 0.29) is 63.8 Å². The van der Waals surface area contributed by atoms with Crippen LogP contribution in [0.2, 0.25) is 0 Å². The number of unbranched alkanes of at least 4 members (excludes halogenated alkanes) is 5. The third-order valence-corrected chi connectivity index (χ3v) is 2.32. The molecule has 0 aromatic rings. The molecule has 74 valence electrons. The van der Waals surface area contributed by atoms with E-state index in [2.05, 4.69) is 0 Å². The van der Waals surface area contributed by atoms with Gasteiger partial charge in [0.05, 0.1) is 6.67 Å². The van der Waals surface area contributed by atoms with E-state index in [1.165, 1.54) is 0 Å². The van der Waals surface area contributed by atoms with Crippen molar-refractivity contribution in [2.24, 2.45) is 0 Å². The molecule has 0 saturated heterocycles. The molecule has 5 heteroatoms. The second kappa shape index (κ2) is 13.7. The second-order valence-electron chi connectivity index (χ2n) is 2.82. The average molecular weight is 234 g/mol. The quantitative estimate of drug-likeness (QED) is 0.313. The van der Waals surface area contributed by atoms with Gasteiger partial charge in [-0.2, -0.15) is 0 Å². The van der Waals surface area contributed by atoms with Crippen molar-refractivity contribution in [1.29, 1.82) is 0 Å². The van der Waals surface area contributed by atoms with Gasteiger partial charge in [-0.1, -0.05) is 36.8 Å². The Morgan fingerprint density at radius 2 is 1.46 bits per heavy atom. The Labute approximate surface area is 125 Å². The molecule has 0 saturated carbocycles. The van der Waals surface area contributed by atoms with Crippen LogP contribution in [-0.4, -0.2) is 21.2 Å². The van der Waals surface area contributed by atoms with Gasteiger partial charge in [0.15, 0.2) is 0 Å². The standard InChI is InChI=1S/C8H17FO2S.K/c9-7-5-3-1-2-4-6-8-12(10)11;/h1-8H2,(H,10,11);/q;+1/p-1. The summed E-state index contributed by atoms with van der Waals surface area (Å²) in [5.41, 5.74) is 0. The topological polar surface area (TPSA) is 40.1 Å². The predicted molar refractivity (Wildman–Crippen MR) is 47.5 cm³/mol. The Balaban J connectivity index is 0. The van der Waals surface area contributed by atoms with Gasteiger partial charge in [0.2, 0.25) is 0 Å². The van der Waals surface area contributed by atoms with E-state index in [0.717, 1.165) is 32.1 Å². The summed E-state index contributed by atoms with van der Waals surface area (Å²) < 4.78 is 31.8. The molecule has 0 aromatic carbocycles. The first-order valence-corrected chi connectivity index (χ1v) is 5.63. The molecule has 1 atom stereocenters. The first kappa shape index (κ1) is 17.1. The van der Waals surface area contributed by atoms with Gasteiger partial charge < -0.3 is 4.55 Å². The Morgan fingerprint density at radius 3 is 1.92 bits per heavy atom. The summed E-state index contributed by atoms with van der Waals surface area (Å²) in [5.74, 6) is 0.267. The summed E-state index contributed by atoms with van der Waals surface area (Å²) in [5, 5.41) is 0. The third kappa shape index (κ3) is 16.4. The fourth-order valence-corrected chi connectivity index (χ4v) is 1.46. The Kier molecular flexibility index (Phi) is 18.0. The number of alkyl halides is 1. The van der Waals surface area contributed by atoms with Crippen LogP contribution in [0.4, 0.5) is 4.39 Å². The van der Waals surface area contributed by atoms with Crippen molar-refractivity contribution >= 4 is 11.1 Å². The van der Waals surface area contributed by atoms with Crippen molar-refractivity contribution in [3.63, 3.8) is 0 Å². The van der Waals surface area contributed by atoms with Crippen LogP contribution in [0.15, 0.2) is 0 Å². The first-order valence-electron chi connectivity index (χ1n) is 4.39. The summed E-state index contributed by atoms with van der Waals surface area (Å²) in [7, 11) is 0. The van der Waals surface area contributed by atoms with Crippen molar-refractivity contribution < 1.29 is 64.5 Å². The van der Waals surface area contributed by atoms with Crippen LogP contribution in [0.1, 0.15) is 38.5 Å². The van der Waals surface area contributed by atoms with E-state index in [1.54, 1.807) is 0 Å². The van der Waals surface area contributed by atoms with Gasteiger partial charge in [0.25, 0.3) is 0 Å². The molecule has 0 aromatic heterocycles. The molecule has 0 fully saturated rings. The fraction of sp³-hybridized carbons (Fsp3) is 1.00. The Hall–Kier alpha value is 1.68. The zero-order chi connectivity index (χ0) is 9.23. The van der Waals surface area contributed by atoms with E-state index in [0.29, 0.717) is 6.42 Å². The summed E-state index contributed by atoms with van der Waals surface area (Å²) >= 11 is -1.88. The van der Waals surface area contributed by atoms with Crippen LogP contribution >= 0.6 is 0 Å². The van der Waals surface area contributed by atoms with Crippen molar-refractivity contribution in [2.45, 2.75) is 38.5 Å². The summed E-state index contributed by atoms with van der Waals surface area (Å²) in [6.07, 6.45) is 5.31. The van der Waals surface area contributed by atoms with Crippen LogP contribution in [-0.2, 0) is 11.1 Å². The molecule has 0 rings (SSSR count). The molecular formula is C8H16FKO2S. The molecule has 0 aliphatic heterocycles. The SMILES string of the molecule is O=S([O-])CCCCCCCCF.[K+]. The maximum atomic E-state index is 11.6. The largest absolute Gasteiger partial charge is 1.00 e. The zero-order valence-electron chi connectivity index (χ0n) is 8.26. The first-order chi connectivity index (χ1) is 5.77. The summed E-state index contributed by atoms with van der Waals surface area (Å²) in [4.78, 5) is 0. The van der Waals surface area contributed by atoms with Crippen LogP contribution in [0.25, 0.3) is 0 Å². The normalized spacial score (nSPS) is 12.2. The molecule has 0 heterocycles. The minimum Gasteiger partial charge on any atom is -0.772 e. The van der Waals surface area contributed by atoms with Crippen molar-refractivity contribution in [2.75, 3.05) is 12.4 Å². The smallest absolute Gasteiger partial charge is 0.772 e. The summed E-state index contributed by atoms with van der Waals surface area (Å²) in [6, 6.07) is 0. The summed E-state index contributed by atoms with van der Waals surface area (Å²) in [6.45, 7) is -0.232. The van der Waals surface area contributed by atoms with Crippen LogP contribution in [0.3, 0.4) is 0 Å². The minimum atomic E-state index is -1.88. The number of hydrogen-bond acceptors (Lipinski definition) is 2. The Morgan fingerprint density at radius 1 is 1.00 bits per heavy atom. The average Bonchev–Trinajstić information content (AvgIpc) is 2.02. The van der Waals surface area contributed by atoms with Gasteiger partial charge in [0, 0.05) is 5.75 Å². The molecule has 0 aliphatic carbocycles. The molecule has 0 N–H and O–H groups in total. The number of halogens is 1. The van der Waals surface area contributed by atoms with Crippen molar-refractivity contribution in [3.05, 3.63) is 0 Å². The molecule has 2 nitrogen and oxygen atoms in total. The molecule has 0 amide bonds. The van der Waals surface area contributed by atoms with E-state index >= 15 is 0 Å². The maximum absolute atomic E-state index is 11.6. The van der Waals surface area contributed by atoms with Gasteiger partial charge in [-0.3, -0.25) is 8.60 Å². The molecule has 1 unspecified atom stereocenters. The van der Waals surface area contributed by atoms with Gasteiger partial charge in [-0.15, -0.1) is 0 Å². The molecular weight excluding hydrogens is 218 g/mol. The van der Waals surface area contributed by atoms with E-state index in [4.69, 9.17) is 0 Å². The number of hydrogen-bond donors (Lipinski definition) is 0. The van der Waals surface area contributed by atoms with Crippen LogP contribution in [0.5, 0.6) is 0 Å². The van der Waals surface area contributed by atoms with Crippen LogP contribution in [0, 0.1) is 0 Å². The predicted octanol–water partition coefficient (Wildman–Crippen LogP) is -0.820. The van der Waals surface area contributed by atoms with E-state index in [9.17, 15) is 13.2 Å². The number of rotatable bonds is 8. The van der Waals surface area contributed by atoms with E-state index < -0.39 is 11.1 Å². The van der Waals surface area contributed by atoms with Gasteiger partial charge >= 0.3 is 51.4 Å². The van der Waals surface area contributed by atoms with E-state index in [1.807, 2.05) is 0 Å². The third-order valence-electron chi connectivity index (χ3n) is 1.69.